The van der Waals surface area contributed by atoms with E-state index in [0.29, 0.717) is 5.02 Å². The average molecular weight is 315 g/mol. The largest absolute Gasteiger partial charge is 0.337 e. The Balaban J connectivity index is 2.36. The minimum Gasteiger partial charge on any atom is -0.337 e. The lowest BCUT2D eigenvalue weighted by atomic mass is 10.1. The Morgan fingerprint density at radius 2 is 2.29 bits per heavy atom. The molecule has 0 aliphatic rings. The smallest absolute Gasteiger partial charge is 0.0950 e. The minimum absolute atomic E-state index is 0.298. The van der Waals surface area contributed by atoms with Gasteiger partial charge in [-0.05, 0) is 34.5 Å². The van der Waals surface area contributed by atoms with Crippen LogP contribution in [0.3, 0.4) is 0 Å². The molecule has 0 spiro atoms. The second-order valence-corrected chi connectivity index (χ2v) is 4.98. The third-order valence-corrected chi connectivity index (χ3v) is 3.96. The van der Waals surface area contributed by atoms with Crippen LogP contribution in [0.4, 0.5) is 0 Å². The molecule has 2 aromatic rings. The molecule has 0 aliphatic carbocycles. The molecular formula is C12H13BrClN3. The second-order valence-electron chi connectivity index (χ2n) is 3.75. The molecule has 2 rings (SSSR count). The van der Waals surface area contributed by atoms with E-state index < -0.39 is 0 Å². The van der Waals surface area contributed by atoms with E-state index in [4.69, 9.17) is 17.3 Å². The van der Waals surface area contributed by atoms with Gasteiger partial charge in [0.2, 0.25) is 0 Å². The van der Waals surface area contributed by atoms with E-state index >= 15 is 0 Å². The summed E-state index contributed by atoms with van der Waals surface area (Å²) in [6, 6.07) is 5.43. The van der Waals surface area contributed by atoms with Crippen molar-refractivity contribution >= 4 is 27.5 Å². The monoisotopic (exact) mass is 313 g/mol. The fourth-order valence-corrected chi connectivity index (χ4v) is 2.26. The number of nitrogens with zero attached hydrogens (tertiary/aromatic N) is 2. The van der Waals surface area contributed by atoms with Crippen LogP contribution in [-0.2, 0) is 6.54 Å². The summed E-state index contributed by atoms with van der Waals surface area (Å²) in [5.41, 5.74) is 7.88. The lowest BCUT2D eigenvalue weighted by Gasteiger charge is -2.12. The highest BCUT2D eigenvalue weighted by Crippen LogP contribution is 2.31. The Hall–Kier alpha value is -0.840. The summed E-state index contributed by atoms with van der Waals surface area (Å²) < 4.78 is 2.84. The van der Waals surface area contributed by atoms with Gasteiger partial charge in [0.25, 0.3) is 0 Å². The average Bonchev–Trinajstić information content (AvgIpc) is 2.80. The zero-order valence-corrected chi connectivity index (χ0v) is 11.7. The van der Waals surface area contributed by atoms with Crippen LogP contribution in [0, 0.1) is 0 Å². The SMILES string of the molecule is CCn1cnc(C(N)c2cccc(Br)c2Cl)c1. The number of rotatable bonds is 3. The minimum atomic E-state index is -0.298. The fourth-order valence-electron chi connectivity index (χ4n) is 1.63. The molecule has 17 heavy (non-hydrogen) atoms. The van der Waals surface area contributed by atoms with Crippen molar-refractivity contribution in [3.8, 4) is 0 Å². The van der Waals surface area contributed by atoms with Crippen LogP contribution in [0.5, 0.6) is 0 Å². The molecule has 0 amide bonds. The van der Waals surface area contributed by atoms with Crippen molar-refractivity contribution in [3.05, 3.63) is 51.5 Å². The molecule has 1 unspecified atom stereocenters. The van der Waals surface area contributed by atoms with E-state index in [9.17, 15) is 0 Å². The maximum atomic E-state index is 6.22. The van der Waals surface area contributed by atoms with Gasteiger partial charge in [-0.25, -0.2) is 4.98 Å². The quantitative estimate of drug-likeness (QED) is 0.944. The van der Waals surface area contributed by atoms with E-state index in [1.807, 2.05) is 29.0 Å². The molecule has 90 valence electrons. The number of hydrogen-bond acceptors (Lipinski definition) is 2. The van der Waals surface area contributed by atoms with Gasteiger partial charge >= 0.3 is 0 Å². The predicted molar refractivity (Wildman–Crippen MR) is 73.1 cm³/mol. The van der Waals surface area contributed by atoms with Gasteiger partial charge in [-0.15, -0.1) is 0 Å². The van der Waals surface area contributed by atoms with Gasteiger partial charge in [-0.1, -0.05) is 23.7 Å². The summed E-state index contributed by atoms with van der Waals surface area (Å²) in [6.45, 7) is 2.94. The van der Waals surface area contributed by atoms with Crippen LogP contribution in [0.1, 0.15) is 24.2 Å². The standard InChI is InChI=1S/C12H13BrClN3/c1-2-17-6-10(16-7-17)12(15)8-4-3-5-9(13)11(8)14/h3-7,12H,2,15H2,1H3. The lowest BCUT2D eigenvalue weighted by molar-refractivity contribution is 0.757. The number of halogens is 2. The van der Waals surface area contributed by atoms with Crippen molar-refractivity contribution in [2.75, 3.05) is 0 Å². The number of aryl methyl sites for hydroxylation is 1. The zero-order chi connectivity index (χ0) is 12.4. The first-order chi connectivity index (χ1) is 8.13. The summed E-state index contributed by atoms with van der Waals surface area (Å²) in [5.74, 6) is 0. The molecule has 0 fully saturated rings. The molecule has 1 heterocycles. The van der Waals surface area contributed by atoms with Crippen molar-refractivity contribution in [1.29, 1.82) is 0 Å². The number of imidazole rings is 1. The van der Waals surface area contributed by atoms with Gasteiger partial charge in [0.05, 0.1) is 23.1 Å². The van der Waals surface area contributed by atoms with Gasteiger partial charge in [0.15, 0.2) is 0 Å². The molecule has 0 radical (unpaired) electrons. The van der Waals surface area contributed by atoms with Crippen molar-refractivity contribution in [2.24, 2.45) is 5.73 Å². The van der Waals surface area contributed by atoms with E-state index in [-0.39, 0.29) is 6.04 Å². The van der Waals surface area contributed by atoms with Crippen LogP contribution >= 0.6 is 27.5 Å². The van der Waals surface area contributed by atoms with Gasteiger partial charge in [0.1, 0.15) is 0 Å². The highest BCUT2D eigenvalue weighted by Gasteiger charge is 2.16. The van der Waals surface area contributed by atoms with Crippen LogP contribution in [0.15, 0.2) is 35.2 Å². The first-order valence-corrected chi connectivity index (χ1v) is 6.51. The van der Waals surface area contributed by atoms with Crippen LogP contribution < -0.4 is 5.73 Å². The molecule has 0 saturated carbocycles. The molecular weight excluding hydrogens is 302 g/mol. The van der Waals surface area contributed by atoms with E-state index in [1.54, 1.807) is 6.33 Å². The lowest BCUT2D eigenvalue weighted by Crippen LogP contribution is -2.13. The molecule has 0 bridgehead atoms. The summed E-state index contributed by atoms with van der Waals surface area (Å²) >= 11 is 9.61. The number of hydrogen-bond donors (Lipinski definition) is 1. The maximum absolute atomic E-state index is 6.22. The molecule has 0 aliphatic heterocycles. The zero-order valence-electron chi connectivity index (χ0n) is 9.40. The molecule has 3 nitrogen and oxygen atoms in total. The number of aromatic nitrogens is 2. The molecule has 1 aromatic carbocycles. The van der Waals surface area contributed by atoms with Crippen molar-refractivity contribution in [3.63, 3.8) is 0 Å². The summed E-state index contributed by atoms with van der Waals surface area (Å²) in [4.78, 5) is 4.30. The van der Waals surface area contributed by atoms with Crippen LogP contribution in [-0.4, -0.2) is 9.55 Å². The van der Waals surface area contributed by atoms with Gasteiger partial charge < -0.3 is 10.3 Å². The van der Waals surface area contributed by atoms with Gasteiger partial charge in [0, 0.05) is 17.2 Å². The Labute approximate surface area is 114 Å². The number of nitrogens with two attached hydrogens (primary N) is 1. The number of benzene rings is 1. The molecule has 0 saturated heterocycles. The Kier molecular flexibility index (Phi) is 3.86. The van der Waals surface area contributed by atoms with E-state index in [2.05, 4.69) is 27.8 Å². The molecule has 2 N–H and O–H groups in total. The first kappa shape index (κ1) is 12.6. The Bertz CT molecular complexity index is 524. The molecule has 5 heteroatoms. The Morgan fingerprint density at radius 3 is 2.94 bits per heavy atom. The van der Waals surface area contributed by atoms with Gasteiger partial charge in [-0.3, -0.25) is 0 Å². The van der Waals surface area contributed by atoms with E-state index in [1.165, 1.54) is 0 Å². The summed E-state index contributed by atoms with van der Waals surface area (Å²) in [5, 5.41) is 0.644. The third-order valence-electron chi connectivity index (χ3n) is 2.65. The predicted octanol–water partition coefficient (Wildman–Crippen LogP) is 3.37. The van der Waals surface area contributed by atoms with Crippen LogP contribution in [0.2, 0.25) is 5.02 Å². The van der Waals surface area contributed by atoms with Gasteiger partial charge in [-0.2, -0.15) is 0 Å². The van der Waals surface area contributed by atoms with Crippen molar-refractivity contribution in [1.82, 2.24) is 9.55 Å². The third kappa shape index (κ3) is 2.54. The first-order valence-electron chi connectivity index (χ1n) is 5.34. The maximum Gasteiger partial charge on any atom is 0.0950 e. The fraction of sp³-hybridized carbons (Fsp3) is 0.250. The second kappa shape index (κ2) is 5.21. The normalized spacial score (nSPS) is 12.7. The highest BCUT2D eigenvalue weighted by molar-refractivity contribution is 9.10. The molecule has 1 atom stereocenters. The molecule has 1 aromatic heterocycles. The summed E-state index contributed by atoms with van der Waals surface area (Å²) in [7, 11) is 0. The van der Waals surface area contributed by atoms with Crippen molar-refractivity contribution < 1.29 is 0 Å². The Morgan fingerprint density at radius 1 is 1.53 bits per heavy atom. The highest BCUT2D eigenvalue weighted by atomic mass is 79.9. The summed E-state index contributed by atoms with van der Waals surface area (Å²) in [6.07, 6.45) is 3.73. The van der Waals surface area contributed by atoms with Crippen molar-refractivity contribution in [2.45, 2.75) is 19.5 Å². The topological polar surface area (TPSA) is 43.8 Å². The van der Waals surface area contributed by atoms with E-state index in [0.717, 1.165) is 22.3 Å². The van der Waals surface area contributed by atoms with Crippen LogP contribution in [0.25, 0.3) is 0 Å².